The van der Waals surface area contributed by atoms with Crippen LogP contribution in [0.4, 0.5) is 5.69 Å². The third kappa shape index (κ3) is 4.11. The third-order valence-corrected chi connectivity index (χ3v) is 4.79. The van der Waals surface area contributed by atoms with Crippen LogP contribution in [-0.2, 0) is 22.6 Å². The standard InChI is InChI=1S/C21H25N3O2/c1-13-8-9-18(14(2)10-13)24-20(25)15(3)23-21(26)19-11-16-6-4-5-7-17(16)12-22-19/h4-10,15,19,22H,11-12H2,1-3H3,(H,23,26)(H,24,25)/t15-,19-/m1/s1. The SMILES string of the molecule is Cc1ccc(NC(=O)[C@@H](C)NC(=O)[C@H]2Cc3ccccc3CN2)c(C)c1. The molecule has 2 atom stereocenters. The molecule has 0 saturated heterocycles. The molecule has 136 valence electrons. The highest BCUT2D eigenvalue weighted by molar-refractivity contribution is 5.98. The van der Waals surface area contributed by atoms with E-state index in [0.717, 1.165) is 16.8 Å². The van der Waals surface area contributed by atoms with Crippen molar-refractivity contribution in [1.29, 1.82) is 0 Å². The molecule has 0 bridgehead atoms. The summed E-state index contributed by atoms with van der Waals surface area (Å²) in [7, 11) is 0. The zero-order chi connectivity index (χ0) is 18.7. The van der Waals surface area contributed by atoms with E-state index in [1.54, 1.807) is 6.92 Å². The lowest BCUT2D eigenvalue weighted by atomic mass is 9.95. The van der Waals surface area contributed by atoms with Crippen LogP contribution in [0.5, 0.6) is 0 Å². The summed E-state index contributed by atoms with van der Waals surface area (Å²) >= 11 is 0. The summed E-state index contributed by atoms with van der Waals surface area (Å²) in [4.78, 5) is 25.0. The molecule has 3 rings (SSSR count). The topological polar surface area (TPSA) is 70.2 Å². The molecule has 5 nitrogen and oxygen atoms in total. The van der Waals surface area contributed by atoms with E-state index in [4.69, 9.17) is 0 Å². The average Bonchev–Trinajstić information content (AvgIpc) is 2.63. The Kier molecular flexibility index (Phi) is 5.38. The maximum atomic E-state index is 12.5. The van der Waals surface area contributed by atoms with Gasteiger partial charge in [-0.15, -0.1) is 0 Å². The van der Waals surface area contributed by atoms with Gasteiger partial charge in [0.2, 0.25) is 11.8 Å². The highest BCUT2D eigenvalue weighted by atomic mass is 16.2. The zero-order valence-electron chi connectivity index (χ0n) is 15.4. The molecule has 0 aliphatic carbocycles. The molecule has 0 radical (unpaired) electrons. The van der Waals surface area contributed by atoms with E-state index in [-0.39, 0.29) is 17.9 Å². The number of rotatable bonds is 4. The minimum Gasteiger partial charge on any atom is -0.343 e. The maximum Gasteiger partial charge on any atom is 0.246 e. The Morgan fingerprint density at radius 1 is 1.12 bits per heavy atom. The van der Waals surface area contributed by atoms with Gasteiger partial charge in [-0.3, -0.25) is 9.59 Å². The molecule has 26 heavy (non-hydrogen) atoms. The van der Waals surface area contributed by atoms with Crippen LogP contribution >= 0.6 is 0 Å². The Morgan fingerprint density at radius 3 is 2.58 bits per heavy atom. The van der Waals surface area contributed by atoms with E-state index in [9.17, 15) is 9.59 Å². The lowest BCUT2D eigenvalue weighted by molar-refractivity contribution is -0.127. The van der Waals surface area contributed by atoms with Gasteiger partial charge < -0.3 is 16.0 Å². The smallest absolute Gasteiger partial charge is 0.246 e. The Balaban J connectivity index is 1.58. The summed E-state index contributed by atoms with van der Waals surface area (Å²) in [6.07, 6.45) is 0.632. The van der Waals surface area contributed by atoms with E-state index >= 15 is 0 Å². The number of aryl methyl sites for hydroxylation is 2. The summed E-state index contributed by atoms with van der Waals surface area (Å²) in [6.45, 7) is 6.33. The summed E-state index contributed by atoms with van der Waals surface area (Å²) in [5, 5.41) is 8.95. The normalized spacial score (nSPS) is 17.1. The molecule has 0 fully saturated rings. The van der Waals surface area contributed by atoms with Gasteiger partial charge in [-0.05, 0) is 49.9 Å². The van der Waals surface area contributed by atoms with Crippen molar-refractivity contribution in [3.8, 4) is 0 Å². The van der Waals surface area contributed by atoms with E-state index in [1.165, 1.54) is 11.1 Å². The molecule has 0 aromatic heterocycles. The number of nitrogens with one attached hydrogen (secondary N) is 3. The molecule has 0 spiro atoms. The fourth-order valence-electron chi connectivity index (χ4n) is 3.21. The lowest BCUT2D eigenvalue weighted by Crippen LogP contribution is -2.52. The Morgan fingerprint density at radius 2 is 1.85 bits per heavy atom. The number of carbonyl (C=O) groups excluding carboxylic acids is 2. The summed E-state index contributed by atoms with van der Waals surface area (Å²) in [5.41, 5.74) is 5.32. The molecule has 5 heteroatoms. The molecule has 2 amide bonds. The molecule has 3 N–H and O–H groups in total. The molecule has 1 heterocycles. The lowest BCUT2D eigenvalue weighted by Gasteiger charge is -2.26. The number of amides is 2. The van der Waals surface area contributed by atoms with Gasteiger partial charge in [-0.25, -0.2) is 0 Å². The molecule has 2 aromatic carbocycles. The van der Waals surface area contributed by atoms with Crippen molar-refractivity contribution in [1.82, 2.24) is 10.6 Å². The monoisotopic (exact) mass is 351 g/mol. The van der Waals surface area contributed by atoms with Crippen LogP contribution in [-0.4, -0.2) is 23.9 Å². The van der Waals surface area contributed by atoms with Gasteiger partial charge in [-0.2, -0.15) is 0 Å². The van der Waals surface area contributed by atoms with Gasteiger partial charge in [0.25, 0.3) is 0 Å². The van der Waals surface area contributed by atoms with E-state index < -0.39 is 6.04 Å². The zero-order valence-corrected chi connectivity index (χ0v) is 15.4. The minimum absolute atomic E-state index is 0.150. The molecule has 1 aliphatic rings. The first-order chi connectivity index (χ1) is 12.4. The Bertz CT molecular complexity index is 832. The van der Waals surface area contributed by atoms with Crippen LogP contribution < -0.4 is 16.0 Å². The Hall–Kier alpha value is -2.66. The van der Waals surface area contributed by atoms with Crippen LogP contribution in [0.3, 0.4) is 0 Å². The first kappa shape index (κ1) is 18.1. The first-order valence-electron chi connectivity index (χ1n) is 8.92. The number of anilines is 1. The predicted molar refractivity (Wildman–Crippen MR) is 103 cm³/mol. The molecule has 0 saturated carbocycles. The molecule has 0 unspecified atom stereocenters. The van der Waals surface area contributed by atoms with Crippen LogP contribution in [0.15, 0.2) is 42.5 Å². The second kappa shape index (κ2) is 7.70. The number of benzene rings is 2. The summed E-state index contributed by atoms with van der Waals surface area (Å²) < 4.78 is 0. The van der Waals surface area contributed by atoms with Gasteiger partial charge in [0, 0.05) is 12.2 Å². The van der Waals surface area contributed by atoms with Crippen LogP contribution in [0.25, 0.3) is 0 Å². The van der Waals surface area contributed by atoms with Crippen molar-refractivity contribution in [3.63, 3.8) is 0 Å². The second-order valence-electron chi connectivity index (χ2n) is 6.94. The first-order valence-corrected chi connectivity index (χ1v) is 8.92. The second-order valence-corrected chi connectivity index (χ2v) is 6.94. The Labute approximate surface area is 154 Å². The fourth-order valence-corrected chi connectivity index (χ4v) is 3.21. The van der Waals surface area contributed by atoms with Gasteiger partial charge in [0.15, 0.2) is 0 Å². The highest BCUT2D eigenvalue weighted by Gasteiger charge is 2.26. The van der Waals surface area contributed by atoms with Crippen LogP contribution in [0.2, 0.25) is 0 Å². The van der Waals surface area contributed by atoms with Gasteiger partial charge in [0.1, 0.15) is 6.04 Å². The quantitative estimate of drug-likeness (QED) is 0.792. The van der Waals surface area contributed by atoms with Gasteiger partial charge >= 0.3 is 0 Å². The van der Waals surface area contributed by atoms with Gasteiger partial charge in [-0.1, -0.05) is 42.0 Å². The molecular formula is C21H25N3O2. The fraction of sp³-hybridized carbons (Fsp3) is 0.333. The van der Waals surface area contributed by atoms with E-state index in [1.807, 2.05) is 50.2 Å². The van der Waals surface area contributed by atoms with E-state index in [0.29, 0.717) is 13.0 Å². The van der Waals surface area contributed by atoms with Gasteiger partial charge in [0.05, 0.1) is 6.04 Å². The van der Waals surface area contributed by atoms with Crippen molar-refractivity contribution in [3.05, 3.63) is 64.7 Å². The number of hydrogen-bond acceptors (Lipinski definition) is 3. The van der Waals surface area contributed by atoms with E-state index in [2.05, 4.69) is 22.0 Å². The number of carbonyl (C=O) groups is 2. The number of fused-ring (bicyclic) bond motifs is 1. The minimum atomic E-state index is -0.609. The third-order valence-electron chi connectivity index (χ3n) is 4.79. The largest absolute Gasteiger partial charge is 0.343 e. The van der Waals surface area contributed by atoms with Crippen molar-refractivity contribution in [2.45, 2.75) is 45.8 Å². The predicted octanol–water partition coefficient (Wildman–Crippen LogP) is 2.46. The highest BCUT2D eigenvalue weighted by Crippen LogP contribution is 2.17. The van der Waals surface area contributed by atoms with Crippen molar-refractivity contribution in [2.24, 2.45) is 0 Å². The van der Waals surface area contributed by atoms with Crippen molar-refractivity contribution in [2.75, 3.05) is 5.32 Å². The summed E-state index contributed by atoms with van der Waals surface area (Å²) in [5.74, 6) is -0.371. The molecule has 2 aromatic rings. The average molecular weight is 351 g/mol. The molecular weight excluding hydrogens is 326 g/mol. The van der Waals surface area contributed by atoms with Crippen LogP contribution in [0.1, 0.15) is 29.2 Å². The van der Waals surface area contributed by atoms with Crippen molar-refractivity contribution >= 4 is 17.5 Å². The maximum absolute atomic E-state index is 12.5. The van der Waals surface area contributed by atoms with Crippen LogP contribution in [0, 0.1) is 13.8 Å². The number of hydrogen-bond donors (Lipinski definition) is 3. The van der Waals surface area contributed by atoms with Crippen molar-refractivity contribution < 1.29 is 9.59 Å². The summed E-state index contributed by atoms with van der Waals surface area (Å²) in [6, 6.07) is 13.0. The molecule has 1 aliphatic heterocycles.